The number of nitro benzene ring substituents is 1. The lowest BCUT2D eigenvalue weighted by atomic mass is 10.0. The summed E-state index contributed by atoms with van der Waals surface area (Å²) in [6, 6.07) is 10.0. The molecule has 0 fully saturated rings. The Morgan fingerprint density at radius 3 is 2.22 bits per heavy atom. The van der Waals surface area contributed by atoms with Gasteiger partial charge in [0.1, 0.15) is 10.6 Å². The summed E-state index contributed by atoms with van der Waals surface area (Å²) < 4.78 is 29.9. The molecule has 0 amide bonds. The Bertz CT molecular complexity index is 826. The van der Waals surface area contributed by atoms with E-state index in [-0.39, 0.29) is 22.3 Å². The predicted molar refractivity (Wildman–Crippen MR) is 86.2 cm³/mol. The maximum absolute atomic E-state index is 12.3. The predicted octanol–water partition coefficient (Wildman–Crippen LogP) is 3.79. The van der Waals surface area contributed by atoms with Crippen LogP contribution in [-0.4, -0.2) is 13.3 Å². The average Bonchev–Trinajstić information content (AvgIpc) is 2.49. The van der Waals surface area contributed by atoms with Crippen LogP contribution in [0.2, 0.25) is 0 Å². The topological polar surface area (TPSA) is 86.5 Å². The highest BCUT2D eigenvalue weighted by Gasteiger charge is 2.19. The summed E-state index contributed by atoms with van der Waals surface area (Å²) in [6.07, 6.45) is 0. The van der Waals surface area contributed by atoms with Crippen molar-refractivity contribution >= 4 is 15.8 Å². The van der Waals surface area contributed by atoms with E-state index < -0.39 is 15.0 Å². The summed E-state index contributed by atoms with van der Waals surface area (Å²) in [4.78, 5) is 9.91. The summed E-state index contributed by atoms with van der Waals surface area (Å²) >= 11 is 0. The summed E-state index contributed by atoms with van der Waals surface area (Å²) in [5.41, 5.74) is 1.48. The number of nitro groups is 1. The van der Waals surface area contributed by atoms with Crippen molar-refractivity contribution in [2.45, 2.75) is 31.6 Å². The van der Waals surface area contributed by atoms with Crippen LogP contribution in [0.25, 0.3) is 0 Å². The van der Waals surface area contributed by atoms with Crippen LogP contribution >= 0.6 is 0 Å². The zero-order valence-corrected chi connectivity index (χ0v) is 13.8. The van der Waals surface area contributed by atoms with Crippen LogP contribution in [0, 0.1) is 17.0 Å². The molecule has 0 atom stereocenters. The molecule has 0 radical (unpaired) electrons. The van der Waals surface area contributed by atoms with Gasteiger partial charge in [-0.3, -0.25) is 10.1 Å². The van der Waals surface area contributed by atoms with Crippen molar-refractivity contribution in [1.29, 1.82) is 0 Å². The van der Waals surface area contributed by atoms with Crippen LogP contribution in [-0.2, 0) is 10.1 Å². The third-order valence-electron chi connectivity index (χ3n) is 3.41. The van der Waals surface area contributed by atoms with E-state index in [9.17, 15) is 18.5 Å². The van der Waals surface area contributed by atoms with Gasteiger partial charge in [-0.2, -0.15) is 8.42 Å². The van der Waals surface area contributed by atoms with Gasteiger partial charge in [-0.1, -0.05) is 26.0 Å². The van der Waals surface area contributed by atoms with Crippen molar-refractivity contribution < 1.29 is 17.5 Å². The molecule has 2 aromatic rings. The van der Waals surface area contributed by atoms with Gasteiger partial charge in [-0.25, -0.2) is 0 Å². The standard InChI is InChI=1S/C16H17NO5S/c1-11(2)13-5-4-12(3)16(10-13)22-23(20,21)15-8-6-14(7-9-15)17(18)19/h4-11H,1-3H3. The van der Waals surface area contributed by atoms with E-state index in [0.717, 1.165) is 29.8 Å². The minimum absolute atomic E-state index is 0.127. The first-order valence-corrected chi connectivity index (χ1v) is 8.41. The fourth-order valence-electron chi connectivity index (χ4n) is 1.97. The monoisotopic (exact) mass is 335 g/mol. The van der Waals surface area contributed by atoms with E-state index in [1.165, 1.54) is 0 Å². The lowest BCUT2D eigenvalue weighted by Crippen LogP contribution is -2.11. The first kappa shape index (κ1) is 17.0. The van der Waals surface area contributed by atoms with Gasteiger partial charge >= 0.3 is 10.1 Å². The Morgan fingerprint density at radius 1 is 1.09 bits per heavy atom. The number of hydrogen-bond donors (Lipinski definition) is 0. The second-order valence-corrected chi connectivity index (χ2v) is 7.01. The highest BCUT2D eigenvalue weighted by Crippen LogP contribution is 2.27. The maximum atomic E-state index is 12.3. The SMILES string of the molecule is Cc1ccc(C(C)C)cc1OS(=O)(=O)c1ccc([N+](=O)[O-])cc1. The van der Waals surface area contributed by atoms with Crippen LogP contribution in [0.5, 0.6) is 5.75 Å². The Labute approximate surface area is 135 Å². The molecule has 0 aliphatic rings. The fraction of sp³-hybridized carbons (Fsp3) is 0.250. The molecule has 0 N–H and O–H groups in total. The van der Waals surface area contributed by atoms with Gasteiger partial charge in [0.2, 0.25) is 0 Å². The van der Waals surface area contributed by atoms with E-state index in [0.29, 0.717) is 5.56 Å². The highest BCUT2D eigenvalue weighted by molar-refractivity contribution is 7.87. The molecule has 23 heavy (non-hydrogen) atoms. The summed E-state index contributed by atoms with van der Waals surface area (Å²) in [6.45, 7) is 5.75. The summed E-state index contributed by atoms with van der Waals surface area (Å²) in [7, 11) is -4.04. The molecule has 0 aromatic heterocycles. The van der Waals surface area contributed by atoms with Crippen LogP contribution in [0.3, 0.4) is 0 Å². The quantitative estimate of drug-likeness (QED) is 0.471. The molecule has 0 bridgehead atoms. The molecular formula is C16H17NO5S. The molecule has 0 unspecified atom stereocenters. The molecule has 0 aliphatic heterocycles. The largest absolute Gasteiger partial charge is 0.379 e. The Hall–Kier alpha value is -2.41. The fourth-order valence-corrected chi connectivity index (χ4v) is 2.95. The smallest absolute Gasteiger partial charge is 0.339 e. The molecule has 2 aromatic carbocycles. The average molecular weight is 335 g/mol. The van der Waals surface area contributed by atoms with Gasteiger partial charge in [0, 0.05) is 12.1 Å². The highest BCUT2D eigenvalue weighted by atomic mass is 32.2. The van der Waals surface area contributed by atoms with Gasteiger partial charge in [0.25, 0.3) is 5.69 Å². The molecule has 0 aliphatic carbocycles. The van der Waals surface area contributed by atoms with E-state index in [4.69, 9.17) is 4.18 Å². The molecule has 0 spiro atoms. The molecular weight excluding hydrogens is 318 g/mol. The third-order valence-corrected chi connectivity index (χ3v) is 4.66. The van der Waals surface area contributed by atoms with Gasteiger partial charge in [-0.15, -0.1) is 0 Å². The lowest BCUT2D eigenvalue weighted by molar-refractivity contribution is -0.384. The first-order chi connectivity index (χ1) is 10.7. The van der Waals surface area contributed by atoms with E-state index in [2.05, 4.69) is 0 Å². The molecule has 6 nitrogen and oxygen atoms in total. The minimum atomic E-state index is -4.04. The second kappa shape index (κ2) is 6.37. The first-order valence-electron chi connectivity index (χ1n) is 7.00. The summed E-state index contributed by atoms with van der Waals surface area (Å²) in [5.74, 6) is 0.495. The number of non-ortho nitro benzene ring substituents is 1. The Morgan fingerprint density at radius 2 is 1.70 bits per heavy atom. The van der Waals surface area contributed by atoms with Crippen LogP contribution in [0.1, 0.15) is 30.9 Å². The van der Waals surface area contributed by atoms with Crippen molar-refractivity contribution in [2.24, 2.45) is 0 Å². The molecule has 2 rings (SSSR count). The number of nitrogens with zero attached hydrogens (tertiary/aromatic N) is 1. The molecule has 7 heteroatoms. The van der Waals surface area contributed by atoms with Gasteiger partial charge in [0.15, 0.2) is 0 Å². The van der Waals surface area contributed by atoms with Crippen LogP contribution in [0.4, 0.5) is 5.69 Å². The van der Waals surface area contributed by atoms with E-state index >= 15 is 0 Å². The van der Waals surface area contributed by atoms with Crippen molar-refractivity contribution in [3.05, 3.63) is 63.7 Å². The number of aryl methyl sites for hydroxylation is 1. The lowest BCUT2D eigenvalue weighted by Gasteiger charge is -2.12. The Kier molecular flexibility index (Phi) is 4.70. The Balaban J connectivity index is 2.34. The minimum Gasteiger partial charge on any atom is -0.379 e. The molecule has 0 heterocycles. The van der Waals surface area contributed by atoms with Crippen molar-refractivity contribution in [3.63, 3.8) is 0 Å². The number of rotatable bonds is 5. The molecule has 0 saturated carbocycles. The summed E-state index contributed by atoms with van der Waals surface area (Å²) in [5, 5.41) is 10.6. The van der Waals surface area contributed by atoms with Crippen LogP contribution in [0.15, 0.2) is 47.4 Å². The van der Waals surface area contributed by atoms with Crippen LogP contribution < -0.4 is 4.18 Å². The van der Waals surface area contributed by atoms with Gasteiger partial charge in [0.05, 0.1) is 4.92 Å². The van der Waals surface area contributed by atoms with E-state index in [1.54, 1.807) is 19.1 Å². The number of hydrogen-bond acceptors (Lipinski definition) is 5. The van der Waals surface area contributed by atoms with Crippen molar-refractivity contribution in [1.82, 2.24) is 0 Å². The van der Waals surface area contributed by atoms with E-state index in [1.807, 2.05) is 19.9 Å². The maximum Gasteiger partial charge on any atom is 0.339 e. The normalized spacial score (nSPS) is 11.5. The zero-order chi connectivity index (χ0) is 17.2. The van der Waals surface area contributed by atoms with Gasteiger partial charge in [-0.05, 0) is 42.2 Å². The molecule has 0 saturated heterocycles. The van der Waals surface area contributed by atoms with Crippen molar-refractivity contribution in [3.8, 4) is 5.75 Å². The van der Waals surface area contributed by atoms with Gasteiger partial charge < -0.3 is 4.18 Å². The number of benzene rings is 2. The third kappa shape index (κ3) is 3.87. The van der Waals surface area contributed by atoms with Crippen molar-refractivity contribution in [2.75, 3.05) is 0 Å². The molecule has 122 valence electrons. The zero-order valence-electron chi connectivity index (χ0n) is 13.0. The second-order valence-electron chi connectivity index (χ2n) is 5.47.